The lowest BCUT2D eigenvalue weighted by Crippen LogP contribution is -2.49. The normalized spacial score (nSPS) is 14.9. The van der Waals surface area contributed by atoms with Gasteiger partial charge in [-0.1, -0.05) is 49.2 Å². The third-order valence-electron chi connectivity index (χ3n) is 6.12. The van der Waals surface area contributed by atoms with E-state index in [1.807, 2.05) is 49.9 Å². The molecule has 0 bridgehead atoms. The lowest BCUT2D eigenvalue weighted by atomic mass is 10.0. The predicted molar refractivity (Wildman–Crippen MR) is 146 cm³/mol. The molecule has 0 unspecified atom stereocenters. The molecule has 0 fully saturated rings. The van der Waals surface area contributed by atoms with Crippen LogP contribution in [0.2, 0.25) is 5.02 Å². The van der Waals surface area contributed by atoms with Crippen molar-refractivity contribution in [2.24, 2.45) is 5.92 Å². The molecule has 190 valence electrons. The molecule has 0 spiro atoms. The Morgan fingerprint density at radius 2 is 1.97 bits per heavy atom. The zero-order valence-electron chi connectivity index (χ0n) is 20.9. The van der Waals surface area contributed by atoms with E-state index in [4.69, 9.17) is 16.3 Å². The zero-order chi connectivity index (χ0) is 25.7. The van der Waals surface area contributed by atoms with Crippen LogP contribution < -0.4 is 10.1 Å². The van der Waals surface area contributed by atoms with E-state index in [0.29, 0.717) is 30.4 Å². The molecule has 2 aromatic carbocycles. The molecule has 3 aromatic rings. The van der Waals surface area contributed by atoms with Crippen LogP contribution in [0.3, 0.4) is 0 Å². The van der Waals surface area contributed by atoms with Gasteiger partial charge >= 0.3 is 6.03 Å². The highest BCUT2D eigenvalue weighted by atomic mass is 35.5. The number of hydrogen-bond acceptors (Lipinski definition) is 4. The molecule has 1 aliphatic heterocycles. The second kappa shape index (κ2) is 11.8. The highest BCUT2D eigenvalue weighted by Crippen LogP contribution is 2.34. The van der Waals surface area contributed by atoms with Crippen LogP contribution in [0.4, 0.5) is 10.5 Å². The molecule has 2 heterocycles. The average Bonchev–Trinajstić information content (AvgIpc) is 3.32. The van der Waals surface area contributed by atoms with E-state index in [0.717, 1.165) is 17.7 Å². The lowest BCUT2D eigenvalue weighted by Gasteiger charge is -2.37. The van der Waals surface area contributed by atoms with Gasteiger partial charge in [0.05, 0.1) is 6.04 Å². The Morgan fingerprint density at radius 1 is 1.19 bits per heavy atom. The summed E-state index contributed by atoms with van der Waals surface area (Å²) in [5.74, 6) is 0.886. The van der Waals surface area contributed by atoms with Gasteiger partial charge in [0.2, 0.25) is 5.91 Å². The topological polar surface area (TPSA) is 61.9 Å². The van der Waals surface area contributed by atoms with Crippen LogP contribution in [0, 0.1) is 12.8 Å². The van der Waals surface area contributed by atoms with Crippen molar-refractivity contribution in [3.05, 3.63) is 81.0 Å². The second-order valence-corrected chi connectivity index (χ2v) is 10.9. The number of nitrogens with one attached hydrogen (secondary N) is 1. The van der Waals surface area contributed by atoms with Gasteiger partial charge in [-0.3, -0.25) is 4.79 Å². The zero-order valence-corrected chi connectivity index (χ0v) is 22.4. The summed E-state index contributed by atoms with van der Waals surface area (Å²) in [5.41, 5.74) is 2.89. The smallest absolute Gasteiger partial charge is 0.322 e. The molecule has 0 radical (unpaired) electrons. The van der Waals surface area contributed by atoms with Crippen molar-refractivity contribution in [3.63, 3.8) is 0 Å². The maximum Gasteiger partial charge on any atom is 0.322 e. The summed E-state index contributed by atoms with van der Waals surface area (Å²) in [6.07, 6.45) is 0.804. The summed E-state index contributed by atoms with van der Waals surface area (Å²) < 4.78 is 6.12. The first-order chi connectivity index (χ1) is 17.3. The fraction of sp³-hybridized carbons (Fsp3) is 0.357. The van der Waals surface area contributed by atoms with Crippen LogP contribution in [-0.4, -0.2) is 48.0 Å². The van der Waals surface area contributed by atoms with Gasteiger partial charge < -0.3 is 19.9 Å². The number of halogens is 1. The largest absolute Gasteiger partial charge is 0.491 e. The molecular weight excluding hydrogens is 494 g/mol. The van der Waals surface area contributed by atoms with Gasteiger partial charge in [-0.2, -0.15) is 0 Å². The molecule has 4 rings (SSSR count). The molecule has 36 heavy (non-hydrogen) atoms. The SMILES string of the molecule is Cc1ccc(OC[C@H]2c3ccsc3CCN2C(=O)CN(CC(C)C)C(=O)Nc2cccc(Cl)c2)cc1. The number of thiophene rings is 1. The fourth-order valence-corrected chi connectivity index (χ4v) is 5.49. The molecule has 0 aliphatic carbocycles. The number of urea groups is 1. The number of nitrogens with zero attached hydrogens (tertiary/aromatic N) is 2. The molecule has 6 nitrogen and oxygen atoms in total. The van der Waals surface area contributed by atoms with Crippen molar-refractivity contribution < 1.29 is 14.3 Å². The first kappa shape index (κ1) is 26.0. The number of aryl methyl sites for hydroxylation is 1. The minimum atomic E-state index is -0.319. The van der Waals surface area contributed by atoms with E-state index in [2.05, 4.69) is 16.8 Å². The summed E-state index contributed by atoms with van der Waals surface area (Å²) >= 11 is 7.79. The third-order valence-corrected chi connectivity index (χ3v) is 7.35. The number of rotatable bonds is 8. The Morgan fingerprint density at radius 3 is 2.69 bits per heavy atom. The highest BCUT2D eigenvalue weighted by molar-refractivity contribution is 7.10. The van der Waals surface area contributed by atoms with Crippen molar-refractivity contribution in [1.82, 2.24) is 9.80 Å². The number of anilines is 1. The van der Waals surface area contributed by atoms with Gasteiger partial charge in [-0.15, -0.1) is 11.3 Å². The van der Waals surface area contributed by atoms with E-state index in [1.54, 1.807) is 40.5 Å². The predicted octanol–water partition coefficient (Wildman–Crippen LogP) is 6.40. The first-order valence-electron chi connectivity index (χ1n) is 12.2. The van der Waals surface area contributed by atoms with Gasteiger partial charge in [0, 0.05) is 28.7 Å². The van der Waals surface area contributed by atoms with E-state index in [1.165, 1.54) is 10.4 Å². The molecule has 0 saturated heterocycles. The Bertz CT molecular complexity index is 1190. The summed E-state index contributed by atoms with van der Waals surface area (Å²) in [6.45, 7) is 7.50. The van der Waals surface area contributed by atoms with E-state index < -0.39 is 0 Å². The van der Waals surface area contributed by atoms with Crippen LogP contribution in [0.15, 0.2) is 60.0 Å². The van der Waals surface area contributed by atoms with Crippen molar-refractivity contribution in [1.29, 1.82) is 0 Å². The monoisotopic (exact) mass is 525 g/mol. The quantitative estimate of drug-likeness (QED) is 0.370. The molecule has 1 aliphatic rings. The molecule has 3 amide bonds. The van der Waals surface area contributed by atoms with Crippen LogP contribution in [-0.2, 0) is 11.2 Å². The minimum absolute atomic E-state index is 0.00885. The first-order valence-corrected chi connectivity index (χ1v) is 13.4. The van der Waals surface area contributed by atoms with Crippen LogP contribution in [0.25, 0.3) is 0 Å². The van der Waals surface area contributed by atoms with Crippen LogP contribution in [0.5, 0.6) is 5.75 Å². The van der Waals surface area contributed by atoms with Gasteiger partial charge in [-0.05, 0) is 66.6 Å². The van der Waals surface area contributed by atoms with E-state index in [9.17, 15) is 9.59 Å². The summed E-state index contributed by atoms with van der Waals surface area (Å²) in [6, 6.07) is 16.5. The fourth-order valence-electron chi connectivity index (χ4n) is 4.37. The van der Waals surface area contributed by atoms with Crippen LogP contribution >= 0.6 is 22.9 Å². The molecule has 1 atom stereocenters. The van der Waals surface area contributed by atoms with Crippen molar-refractivity contribution in [2.75, 3.05) is 31.6 Å². The van der Waals surface area contributed by atoms with Crippen molar-refractivity contribution in [2.45, 2.75) is 33.2 Å². The lowest BCUT2D eigenvalue weighted by molar-refractivity contribution is -0.135. The Kier molecular flexibility index (Phi) is 8.54. The van der Waals surface area contributed by atoms with E-state index >= 15 is 0 Å². The van der Waals surface area contributed by atoms with Crippen LogP contribution in [0.1, 0.15) is 35.9 Å². The van der Waals surface area contributed by atoms with E-state index in [-0.39, 0.29) is 30.4 Å². The standard InChI is InChI=1S/C28H32ClN3O3S/c1-19(2)16-31(28(34)30-22-6-4-5-21(29)15-22)17-27(33)32-13-11-26-24(12-14-36-26)25(32)18-35-23-9-7-20(3)8-10-23/h4-10,12,14-15,19,25H,11,13,16-18H2,1-3H3,(H,30,34)/t25-/m0/s1. The number of hydrogen-bond donors (Lipinski definition) is 1. The molecule has 1 aromatic heterocycles. The molecule has 1 N–H and O–H groups in total. The molecular formula is C28H32ClN3O3S. The highest BCUT2D eigenvalue weighted by Gasteiger charge is 2.33. The second-order valence-electron chi connectivity index (χ2n) is 9.49. The number of carbonyl (C=O) groups excluding carboxylic acids is 2. The Hall–Kier alpha value is -3.03. The molecule has 8 heteroatoms. The number of fused-ring (bicyclic) bond motifs is 1. The minimum Gasteiger partial charge on any atom is -0.491 e. The molecule has 0 saturated carbocycles. The summed E-state index contributed by atoms with van der Waals surface area (Å²) in [5, 5.41) is 5.49. The van der Waals surface area contributed by atoms with Crippen molar-refractivity contribution in [3.8, 4) is 5.75 Å². The summed E-state index contributed by atoms with van der Waals surface area (Å²) in [4.78, 5) is 31.5. The maximum atomic E-state index is 13.6. The number of benzene rings is 2. The number of ether oxygens (including phenoxy) is 1. The summed E-state index contributed by atoms with van der Waals surface area (Å²) in [7, 11) is 0. The van der Waals surface area contributed by atoms with Gasteiger partial charge in [0.25, 0.3) is 0 Å². The maximum absolute atomic E-state index is 13.6. The number of amides is 3. The van der Waals surface area contributed by atoms with Gasteiger partial charge in [0.1, 0.15) is 18.9 Å². The van der Waals surface area contributed by atoms with Gasteiger partial charge in [0.15, 0.2) is 0 Å². The third kappa shape index (κ3) is 6.59. The average molecular weight is 526 g/mol. The Balaban J connectivity index is 1.49. The Labute approximate surface area is 221 Å². The van der Waals surface area contributed by atoms with Crippen molar-refractivity contribution >= 4 is 40.6 Å². The number of carbonyl (C=O) groups is 2. The van der Waals surface area contributed by atoms with Gasteiger partial charge in [-0.25, -0.2) is 4.79 Å².